The highest BCUT2D eigenvalue weighted by atomic mass is 19.1. The number of rotatable bonds is 1. The zero-order chi connectivity index (χ0) is 12.0. The third-order valence-corrected chi connectivity index (χ3v) is 3.05. The average Bonchev–Trinajstić information content (AvgIpc) is 2.67. The molecular weight excluding hydrogens is 221 g/mol. The molecule has 0 atom stereocenters. The first-order chi connectivity index (χ1) is 8.16. The summed E-state index contributed by atoms with van der Waals surface area (Å²) < 4.78 is 13.7. The Morgan fingerprint density at radius 1 is 1.18 bits per heavy atom. The third kappa shape index (κ3) is 1.41. The molecule has 3 nitrogen and oxygen atoms in total. The summed E-state index contributed by atoms with van der Waals surface area (Å²) in [4.78, 5) is 10.2. The molecule has 0 saturated carbocycles. The van der Waals surface area contributed by atoms with Gasteiger partial charge in [-0.1, -0.05) is 12.1 Å². The minimum atomic E-state index is -0.431. The van der Waals surface area contributed by atoms with Crippen LogP contribution < -0.4 is 0 Å². The first-order valence-corrected chi connectivity index (χ1v) is 5.22. The Kier molecular flexibility index (Phi) is 1.98. The van der Waals surface area contributed by atoms with Gasteiger partial charge in [0.05, 0.1) is 4.92 Å². The molecule has 84 valence electrons. The van der Waals surface area contributed by atoms with Crippen molar-refractivity contribution < 1.29 is 9.31 Å². The van der Waals surface area contributed by atoms with E-state index in [9.17, 15) is 14.5 Å². The van der Waals surface area contributed by atoms with Crippen LogP contribution in [0.15, 0.2) is 36.4 Å². The lowest BCUT2D eigenvalue weighted by molar-refractivity contribution is -0.384. The van der Waals surface area contributed by atoms with Gasteiger partial charge in [0.1, 0.15) is 5.82 Å². The van der Waals surface area contributed by atoms with Gasteiger partial charge in [0.15, 0.2) is 0 Å². The lowest BCUT2D eigenvalue weighted by atomic mass is 10.1. The van der Waals surface area contributed by atoms with Crippen LogP contribution in [0.2, 0.25) is 0 Å². The fourth-order valence-electron chi connectivity index (χ4n) is 2.31. The molecule has 0 unspecified atom stereocenters. The van der Waals surface area contributed by atoms with E-state index in [0.717, 1.165) is 16.7 Å². The second-order valence-electron chi connectivity index (χ2n) is 4.05. The molecule has 0 radical (unpaired) electrons. The predicted octanol–water partition coefficient (Wildman–Crippen LogP) is 3.31. The number of halogens is 1. The van der Waals surface area contributed by atoms with Gasteiger partial charge in [-0.15, -0.1) is 0 Å². The Bertz CT molecular complexity index is 637. The number of non-ortho nitro benzene ring substituents is 1. The summed E-state index contributed by atoms with van der Waals surface area (Å²) in [6, 6.07) is 9.49. The summed E-state index contributed by atoms with van der Waals surface area (Å²) in [5.74, 6) is -0.268. The molecule has 0 saturated heterocycles. The first-order valence-electron chi connectivity index (χ1n) is 5.22. The Labute approximate surface area is 96.7 Å². The topological polar surface area (TPSA) is 43.1 Å². The van der Waals surface area contributed by atoms with E-state index in [0.29, 0.717) is 12.0 Å². The van der Waals surface area contributed by atoms with Crippen molar-refractivity contribution in [3.05, 3.63) is 63.5 Å². The molecule has 1 aliphatic carbocycles. The number of nitrogens with zero attached hydrogens (tertiary/aromatic N) is 1. The predicted molar refractivity (Wildman–Crippen MR) is 61.3 cm³/mol. The lowest BCUT2D eigenvalue weighted by Crippen LogP contribution is -1.89. The van der Waals surface area contributed by atoms with Crippen molar-refractivity contribution in [3.8, 4) is 11.1 Å². The van der Waals surface area contributed by atoms with E-state index in [-0.39, 0.29) is 11.5 Å². The maximum absolute atomic E-state index is 13.7. The van der Waals surface area contributed by atoms with E-state index >= 15 is 0 Å². The largest absolute Gasteiger partial charge is 0.269 e. The Hall–Kier alpha value is -2.23. The van der Waals surface area contributed by atoms with Gasteiger partial charge < -0.3 is 0 Å². The van der Waals surface area contributed by atoms with E-state index in [1.54, 1.807) is 12.1 Å². The van der Waals surface area contributed by atoms with Gasteiger partial charge in [-0.05, 0) is 35.2 Å². The highest BCUT2D eigenvalue weighted by Crippen LogP contribution is 2.39. The van der Waals surface area contributed by atoms with Crippen LogP contribution in [0.5, 0.6) is 0 Å². The van der Waals surface area contributed by atoms with Crippen molar-refractivity contribution in [2.24, 2.45) is 0 Å². The maximum atomic E-state index is 13.7. The van der Waals surface area contributed by atoms with Crippen molar-refractivity contribution in [1.29, 1.82) is 0 Å². The van der Waals surface area contributed by atoms with Crippen LogP contribution in [0.3, 0.4) is 0 Å². The van der Waals surface area contributed by atoms with Crippen LogP contribution in [0.25, 0.3) is 11.1 Å². The smallest absolute Gasteiger partial charge is 0.258 e. The summed E-state index contributed by atoms with van der Waals surface area (Å²) >= 11 is 0. The zero-order valence-corrected chi connectivity index (χ0v) is 8.81. The van der Waals surface area contributed by atoms with Crippen LogP contribution in [0, 0.1) is 15.9 Å². The van der Waals surface area contributed by atoms with Crippen LogP contribution in [0.1, 0.15) is 11.1 Å². The Morgan fingerprint density at radius 2 is 2.00 bits per heavy atom. The Balaban J connectivity index is 2.21. The van der Waals surface area contributed by atoms with Gasteiger partial charge in [0.25, 0.3) is 5.69 Å². The van der Waals surface area contributed by atoms with Crippen molar-refractivity contribution in [3.63, 3.8) is 0 Å². The lowest BCUT2D eigenvalue weighted by Gasteiger charge is -2.01. The summed E-state index contributed by atoms with van der Waals surface area (Å²) in [6.45, 7) is 0. The number of benzene rings is 2. The standard InChI is InChI=1S/C13H8FNO2/c14-12-3-1-2-8-6-9-7-10(15(16)17)4-5-11(9)13(8)12/h1-5,7H,6H2. The van der Waals surface area contributed by atoms with Crippen LogP contribution in [-0.4, -0.2) is 4.92 Å². The van der Waals surface area contributed by atoms with E-state index in [4.69, 9.17) is 0 Å². The van der Waals surface area contributed by atoms with Crippen molar-refractivity contribution in [1.82, 2.24) is 0 Å². The average molecular weight is 229 g/mol. The second kappa shape index (κ2) is 3.38. The SMILES string of the molecule is O=[N+]([O-])c1ccc2c(c1)Cc1cccc(F)c1-2. The van der Waals surface area contributed by atoms with Crippen molar-refractivity contribution >= 4 is 5.69 Å². The number of nitro benzene ring substituents is 1. The van der Waals surface area contributed by atoms with Gasteiger partial charge in [0.2, 0.25) is 0 Å². The molecule has 0 spiro atoms. The molecule has 0 heterocycles. The number of fused-ring (bicyclic) bond motifs is 3. The minimum Gasteiger partial charge on any atom is -0.258 e. The zero-order valence-electron chi connectivity index (χ0n) is 8.81. The fraction of sp³-hybridized carbons (Fsp3) is 0.0769. The maximum Gasteiger partial charge on any atom is 0.269 e. The molecule has 0 amide bonds. The van der Waals surface area contributed by atoms with Crippen LogP contribution in [-0.2, 0) is 6.42 Å². The summed E-state index contributed by atoms with van der Waals surface area (Å²) in [5.41, 5.74) is 3.11. The third-order valence-electron chi connectivity index (χ3n) is 3.05. The van der Waals surface area contributed by atoms with Crippen molar-refractivity contribution in [2.75, 3.05) is 0 Å². The van der Waals surface area contributed by atoms with E-state index in [1.165, 1.54) is 18.2 Å². The monoisotopic (exact) mass is 229 g/mol. The second-order valence-corrected chi connectivity index (χ2v) is 4.05. The van der Waals surface area contributed by atoms with Gasteiger partial charge in [-0.25, -0.2) is 4.39 Å². The summed E-state index contributed by atoms with van der Waals surface area (Å²) in [5, 5.41) is 10.7. The van der Waals surface area contributed by atoms with Gasteiger partial charge in [-0.2, -0.15) is 0 Å². The molecule has 2 aromatic carbocycles. The van der Waals surface area contributed by atoms with E-state index in [1.807, 2.05) is 6.07 Å². The summed E-state index contributed by atoms with van der Waals surface area (Å²) in [6.07, 6.45) is 0.560. The quantitative estimate of drug-likeness (QED) is 0.474. The van der Waals surface area contributed by atoms with Gasteiger partial charge in [0, 0.05) is 17.7 Å². The molecule has 0 bridgehead atoms. The van der Waals surface area contributed by atoms with Crippen molar-refractivity contribution in [2.45, 2.75) is 6.42 Å². The minimum absolute atomic E-state index is 0.0527. The number of hydrogen-bond donors (Lipinski definition) is 0. The molecule has 2 aromatic rings. The fourth-order valence-corrected chi connectivity index (χ4v) is 2.31. The van der Waals surface area contributed by atoms with Crippen LogP contribution in [0.4, 0.5) is 10.1 Å². The van der Waals surface area contributed by atoms with Crippen LogP contribution >= 0.6 is 0 Å². The molecule has 17 heavy (non-hydrogen) atoms. The van der Waals surface area contributed by atoms with E-state index in [2.05, 4.69) is 0 Å². The highest BCUT2D eigenvalue weighted by molar-refractivity contribution is 5.78. The van der Waals surface area contributed by atoms with Gasteiger partial charge in [-0.3, -0.25) is 10.1 Å². The molecule has 1 aliphatic rings. The normalized spacial score (nSPS) is 12.1. The molecule has 0 N–H and O–H groups in total. The molecule has 0 fully saturated rings. The van der Waals surface area contributed by atoms with E-state index < -0.39 is 4.92 Å². The number of hydrogen-bond acceptors (Lipinski definition) is 2. The molecule has 3 rings (SSSR count). The van der Waals surface area contributed by atoms with Gasteiger partial charge >= 0.3 is 0 Å². The first kappa shape index (κ1) is 9.96. The molecular formula is C13H8FNO2. The Morgan fingerprint density at radius 3 is 2.76 bits per heavy atom. The summed E-state index contributed by atoms with van der Waals surface area (Å²) in [7, 11) is 0. The highest BCUT2D eigenvalue weighted by Gasteiger charge is 2.23. The molecule has 0 aliphatic heterocycles. The molecule has 0 aromatic heterocycles. The molecule has 4 heteroatoms. The number of nitro groups is 1.